The van der Waals surface area contributed by atoms with Gasteiger partial charge in [0, 0.05) is 29.8 Å². The Morgan fingerprint density at radius 3 is 2.24 bits per heavy atom. The maximum absolute atomic E-state index is 12.6. The van der Waals surface area contributed by atoms with Crippen LogP contribution in [-0.2, 0) is 4.79 Å². The Morgan fingerprint density at radius 1 is 0.862 bits per heavy atom. The number of amides is 1. The Morgan fingerprint density at radius 2 is 1.59 bits per heavy atom. The quantitative estimate of drug-likeness (QED) is 0.676. The Hall–Kier alpha value is -3.60. The third kappa shape index (κ3) is 3.47. The van der Waals surface area contributed by atoms with Gasteiger partial charge in [-0.2, -0.15) is 0 Å². The number of rotatable bonds is 4. The van der Waals surface area contributed by atoms with E-state index < -0.39 is 0 Å². The van der Waals surface area contributed by atoms with E-state index in [1.165, 1.54) is 0 Å². The molecule has 3 aromatic rings. The standard InChI is InChI=1S/C24H22N2O3/c1-26-21-14-22(29-3)19(16-7-5-4-6-8-16)13-20(21)24(25-15-23(26)27)17-9-11-18(28-2)12-10-17/h4-14H,15H2,1-3H3. The van der Waals surface area contributed by atoms with Gasteiger partial charge < -0.3 is 14.4 Å². The number of nitrogens with zero attached hydrogens (tertiary/aromatic N) is 2. The summed E-state index contributed by atoms with van der Waals surface area (Å²) in [7, 11) is 5.06. The van der Waals surface area contributed by atoms with Crippen LogP contribution in [0.5, 0.6) is 11.5 Å². The van der Waals surface area contributed by atoms with E-state index in [0.717, 1.165) is 39.4 Å². The van der Waals surface area contributed by atoms with Crippen LogP contribution in [0.15, 0.2) is 71.7 Å². The first-order chi connectivity index (χ1) is 14.1. The molecule has 1 heterocycles. The highest BCUT2D eigenvalue weighted by Crippen LogP contribution is 2.38. The molecule has 0 saturated carbocycles. The zero-order chi connectivity index (χ0) is 20.4. The first-order valence-electron chi connectivity index (χ1n) is 9.35. The number of hydrogen-bond acceptors (Lipinski definition) is 4. The second-order valence-corrected chi connectivity index (χ2v) is 6.78. The number of benzene rings is 3. The van der Waals surface area contributed by atoms with E-state index in [4.69, 9.17) is 9.47 Å². The Bertz CT molecular complexity index is 1070. The molecule has 0 N–H and O–H groups in total. The fraction of sp³-hybridized carbons (Fsp3) is 0.167. The molecule has 0 unspecified atom stereocenters. The molecule has 0 fully saturated rings. The lowest BCUT2D eigenvalue weighted by atomic mass is 9.94. The summed E-state index contributed by atoms with van der Waals surface area (Å²) in [5, 5.41) is 0. The van der Waals surface area contributed by atoms with Crippen molar-refractivity contribution < 1.29 is 14.3 Å². The summed E-state index contributed by atoms with van der Waals surface area (Å²) in [4.78, 5) is 18.9. The van der Waals surface area contributed by atoms with Crippen LogP contribution in [0.25, 0.3) is 11.1 Å². The molecule has 5 heteroatoms. The van der Waals surface area contributed by atoms with Crippen molar-refractivity contribution >= 4 is 17.3 Å². The molecule has 29 heavy (non-hydrogen) atoms. The van der Waals surface area contributed by atoms with Gasteiger partial charge in [-0.25, -0.2) is 0 Å². The second kappa shape index (κ2) is 7.80. The van der Waals surface area contributed by atoms with Crippen molar-refractivity contribution in [2.45, 2.75) is 0 Å². The van der Waals surface area contributed by atoms with E-state index in [-0.39, 0.29) is 12.5 Å². The third-order valence-corrected chi connectivity index (χ3v) is 5.13. The van der Waals surface area contributed by atoms with E-state index in [1.807, 2.05) is 60.7 Å². The average Bonchev–Trinajstić information content (AvgIpc) is 2.90. The average molecular weight is 386 g/mol. The molecule has 3 aromatic carbocycles. The van der Waals surface area contributed by atoms with Crippen LogP contribution in [0.3, 0.4) is 0 Å². The van der Waals surface area contributed by atoms with Gasteiger partial charge in [-0.1, -0.05) is 30.3 Å². The summed E-state index contributed by atoms with van der Waals surface area (Å²) in [6, 6.07) is 21.7. The van der Waals surface area contributed by atoms with E-state index in [2.05, 4.69) is 11.1 Å². The molecule has 1 aliphatic heterocycles. The van der Waals surface area contributed by atoms with E-state index in [0.29, 0.717) is 5.75 Å². The van der Waals surface area contributed by atoms with Crippen molar-refractivity contribution in [2.24, 2.45) is 4.99 Å². The molecule has 0 aliphatic carbocycles. The Labute approximate surface area is 170 Å². The number of hydrogen-bond donors (Lipinski definition) is 0. The minimum atomic E-state index is -0.0655. The van der Waals surface area contributed by atoms with E-state index >= 15 is 0 Å². The highest BCUT2D eigenvalue weighted by atomic mass is 16.5. The van der Waals surface area contributed by atoms with Gasteiger partial charge in [0.15, 0.2) is 0 Å². The van der Waals surface area contributed by atoms with Gasteiger partial charge in [-0.15, -0.1) is 0 Å². The van der Waals surface area contributed by atoms with Crippen molar-refractivity contribution in [1.29, 1.82) is 0 Å². The van der Waals surface area contributed by atoms with Crippen LogP contribution >= 0.6 is 0 Å². The molecule has 0 aromatic heterocycles. The number of carbonyl (C=O) groups is 1. The highest BCUT2D eigenvalue weighted by molar-refractivity contribution is 6.20. The van der Waals surface area contributed by atoms with E-state index in [1.54, 1.807) is 26.2 Å². The van der Waals surface area contributed by atoms with Crippen molar-refractivity contribution in [1.82, 2.24) is 0 Å². The molecule has 4 rings (SSSR count). The van der Waals surface area contributed by atoms with Gasteiger partial charge in [-0.3, -0.25) is 9.79 Å². The monoisotopic (exact) mass is 386 g/mol. The van der Waals surface area contributed by atoms with Gasteiger partial charge in [0.1, 0.15) is 18.0 Å². The summed E-state index contributed by atoms with van der Waals surface area (Å²) in [6.45, 7) is 0.0928. The summed E-state index contributed by atoms with van der Waals surface area (Å²) in [5.74, 6) is 1.42. The lowest BCUT2D eigenvalue weighted by Crippen LogP contribution is -2.27. The number of fused-ring (bicyclic) bond motifs is 1. The van der Waals surface area contributed by atoms with Gasteiger partial charge in [0.05, 0.1) is 25.6 Å². The largest absolute Gasteiger partial charge is 0.497 e. The minimum Gasteiger partial charge on any atom is -0.497 e. The molecule has 0 atom stereocenters. The maximum Gasteiger partial charge on any atom is 0.248 e. The number of likely N-dealkylation sites (N-methyl/N-ethyl adjacent to an activating group) is 1. The molecule has 0 saturated heterocycles. The Balaban J connectivity index is 1.94. The SMILES string of the molecule is COc1ccc(C2=NCC(=O)N(C)c3cc(OC)c(-c4ccccc4)cc32)cc1. The zero-order valence-electron chi connectivity index (χ0n) is 16.7. The summed E-state index contributed by atoms with van der Waals surface area (Å²) in [5.41, 5.74) is 5.37. The van der Waals surface area contributed by atoms with Crippen molar-refractivity contribution in [3.63, 3.8) is 0 Å². The lowest BCUT2D eigenvalue weighted by molar-refractivity contribution is -0.116. The first-order valence-corrected chi connectivity index (χ1v) is 9.35. The molecule has 5 nitrogen and oxygen atoms in total. The number of aliphatic imine (C=N–C) groups is 1. The molecular formula is C24H22N2O3. The molecule has 0 spiro atoms. The first kappa shape index (κ1) is 18.7. The van der Waals surface area contributed by atoms with Crippen molar-refractivity contribution in [3.8, 4) is 22.6 Å². The molecule has 1 aliphatic rings. The molecular weight excluding hydrogens is 364 g/mol. The fourth-order valence-electron chi connectivity index (χ4n) is 3.52. The van der Waals surface area contributed by atoms with Crippen molar-refractivity contribution in [2.75, 3.05) is 32.7 Å². The van der Waals surface area contributed by atoms with Gasteiger partial charge >= 0.3 is 0 Å². The molecule has 0 bridgehead atoms. The van der Waals surface area contributed by atoms with Gasteiger partial charge in [-0.05, 0) is 35.9 Å². The topological polar surface area (TPSA) is 51.1 Å². The number of methoxy groups -OCH3 is 2. The predicted molar refractivity (Wildman–Crippen MR) is 115 cm³/mol. The van der Waals surface area contributed by atoms with Crippen LogP contribution in [0.4, 0.5) is 5.69 Å². The molecule has 1 amide bonds. The normalized spacial score (nSPS) is 13.4. The van der Waals surface area contributed by atoms with Crippen LogP contribution in [-0.4, -0.2) is 39.4 Å². The highest BCUT2D eigenvalue weighted by Gasteiger charge is 2.25. The lowest BCUT2D eigenvalue weighted by Gasteiger charge is -2.21. The zero-order valence-corrected chi connectivity index (χ0v) is 16.7. The van der Waals surface area contributed by atoms with Gasteiger partial charge in [0.25, 0.3) is 0 Å². The van der Waals surface area contributed by atoms with E-state index in [9.17, 15) is 4.79 Å². The summed E-state index contributed by atoms with van der Waals surface area (Å²) < 4.78 is 10.9. The number of ether oxygens (including phenoxy) is 2. The number of anilines is 1. The molecule has 146 valence electrons. The number of carbonyl (C=O) groups excluding carboxylic acids is 1. The van der Waals surface area contributed by atoms with Crippen LogP contribution in [0, 0.1) is 0 Å². The maximum atomic E-state index is 12.6. The Kier molecular flexibility index (Phi) is 5.04. The van der Waals surface area contributed by atoms with Crippen LogP contribution < -0.4 is 14.4 Å². The third-order valence-electron chi connectivity index (χ3n) is 5.13. The second-order valence-electron chi connectivity index (χ2n) is 6.78. The summed E-state index contributed by atoms with van der Waals surface area (Å²) in [6.07, 6.45) is 0. The molecule has 0 radical (unpaired) electrons. The summed E-state index contributed by atoms with van der Waals surface area (Å²) >= 11 is 0. The fourth-order valence-corrected chi connectivity index (χ4v) is 3.52. The van der Waals surface area contributed by atoms with Gasteiger partial charge in [0.2, 0.25) is 5.91 Å². The minimum absolute atomic E-state index is 0.0655. The smallest absolute Gasteiger partial charge is 0.248 e. The van der Waals surface area contributed by atoms with Crippen LogP contribution in [0.2, 0.25) is 0 Å². The number of benzodiazepines with no additional fused rings is 1. The van der Waals surface area contributed by atoms with Crippen LogP contribution in [0.1, 0.15) is 11.1 Å². The van der Waals surface area contributed by atoms with Crippen molar-refractivity contribution in [3.05, 3.63) is 77.9 Å². The predicted octanol–water partition coefficient (Wildman–Crippen LogP) is 4.18.